The van der Waals surface area contributed by atoms with E-state index in [-0.39, 0.29) is 5.41 Å². The Labute approximate surface area is 359 Å². The predicted octanol–water partition coefficient (Wildman–Crippen LogP) is 12.0. The van der Waals surface area contributed by atoms with E-state index in [0.717, 1.165) is 55.3 Å². The van der Waals surface area contributed by atoms with Crippen LogP contribution in [0.3, 0.4) is 0 Å². The summed E-state index contributed by atoms with van der Waals surface area (Å²) < 4.78 is 0. The Hall–Kier alpha value is -8.17. The van der Waals surface area contributed by atoms with Crippen LogP contribution in [0.15, 0.2) is 182 Å². The van der Waals surface area contributed by atoms with Crippen molar-refractivity contribution in [3.63, 3.8) is 0 Å². The summed E-state index contributed by atoms with van der Waals surface area (Å²) in [6, 6.07) is 60.5. The zero-order chi connectivity index (χ0) is 42.0. The summed E-state index contributed by atoms with van der Waals surface area (Å²) in [7, 11) is 0. The average molecular weight is 802 g/mol. The van der Waals surface area contributed by atoms with Crippen molar-refractivity contribution in [3.8, 4) is 91.1 Å². The molecule has 10 rings (SSSR count). The third-order valence-corrected chi connectivity index (χ3v) is 10.4. The van der Waals surface area contributed by atoms with Gasteiger partial charge in [0, 0.05) is 49.9 Å². The first-order valence-electron chi connectivity index (χ1n) is 20.5. The highest BCUT2D eigenvalue weighted by Crippen LogP contribution is 2.35. The predicted molar refractivity (Wildman–Crippen MR) is 246 cm³/mol. The molecule has 0 N–H and O–H groups in total. The zero-order valence-electron chi connectivity index (χ0n) is 34.3. The maximum atomic E-state index is 5.24. The molecule has 9 heteroatoms. The quantitative estimate of drug-likeness (QED) is 0.148. The number of nitrogens with zero attached hydrogens (tertiary/aromatic N) is 9. The van der Waals surface area contributed by atoms with Gasteiger partial charge in [-0.1, -0.05) is 185 Å². The first-order valence-corrected chi connectivity index (χ1v) is 20.5. The molecule has 0 unspecified atom stereocenters. The molecular formula is C53H39N9. The summed E-state index contributed by atoms with van der Waals surface area (Å²) in [5.41, 5.74) is 6.51. The normalized spacial score (nSPS) is 11.5. The Kier molecular flexibility index (Phi) is 9.90. The van der Waals surface area contributed by atoms with E-state index in [0.29, 0.717) is 52.4 Å². The molecule has 3 heterocycles. The number of hydrogen-bond acceptors (Lipinski definition) is 9. The summed E-state index contributed by atoms with van der Waals surface area (Å²) >= 11 is 0. The third-order valence-electron chi connectivity index (χ3n) is 10.4. The Morgan fingerprint density at radius 2 is 0.613 bits per heavy atom. The topological polar surface area (TPSA) is 116 Å². The van der Waals surface area contributed by atoms with Crippen LogP contribution in [0.2, 0.25) is 0 Å². The van der Waals surface area contributed by atoms with Gasteiger partial charge < -0.3 is 0 Å². The van der Waals surface area contributed by atoms with Gasteiger partial charge in [0.1, 0.15) is 5.82 Å². The fourth-order valence-corrected chi connectivity index (χ4v) is 7.26. The number of aromatic nitrogens is 9. The number of rotatable bonds is 8. The smallest absolute Gasteiger partial charge is 0.164 e. The first kappa shape index (κ1) is 38.1. The van der Waals surface area contributed by atoms with Gasteiger partial charge >= 0.3 is 0 Å². The molecule has 0 spiro atoms. The standard InChI is InChI=1S/C53H39N9/c1-53(2,3)52-61-47(37-25-14-7-15-26-37)58-49(62-52)40-29-18-28-39(32-40)48-55-46(36-23-12-6-13-24-36)59-51(60-48)43-33-41(31-38-27-16-17-30-42(38)43)50-56-44(34-19-8-4-9-20-34)54-45(57-50)35-21-10-5-11-22-35/h4-33H,1-3H3. The summed E-state index contributed by atoms with van der Waals surface area (Å²) in [6.45, 7) is 6.33. The van der Waals surface area contributed by atoms with Crippen LogP contribution in [-0.2, 0) is 5.41 Å². The molecule has 0 saturated heterocycles. The lowest BCUT2D eigenvalue weighted by Crippen LogP contribution is -2.18. The molecule has 0 atom stereocenters. The lowest BCUT2D eigenvalue weighted by atomic mass is 9.95. The molecule has 10 aromatic rings. The second-order valence-corrected chi connectivity index (χ2v) is 16.0. The zero-order valence-corrected chi connectivity index (χ0v) is 34.3. The number of fused-ring (bicyclic) bond motifs is 1. The highest BCUT2D eigenvalue weighted by molar-refractivity contribution is 5.98. The molecule has 0 aliphatic heterocycles. The lowest BCUT2D eigenvalue weighted by Gasteiger charge is -2.18. The Morgan fingerprint density at radius 3 is 1.06 bits per heavy atom. The van der Waals surface area contributed by atoms with Crippen LogP contribution in [-0.4, -0.2) is 44.9 Å². The van der Waals surface area contributed by atoms with E-state index in [9.17, 15) is 0 Å². The van der Waals surface area contributed by atoms with Gasteiger partial charge in [-0.2, -0.15) is 0 Å². The van der Waals surface area contributed by atoms with Gasteiger partial charge in [0.15, 0.2) is 46.6 Å². The molecule has 296 valence electrons. The van der Waals surface area contributed by atoms with E-state index in [4.69, 9.17) is 44.9 Å². The van der Waals surface area contributed by atoms with E-state index in [2.05, 4.69) is 45.0 Å². The molecule has 9 nitrogen and oxygen atoms in total. The van der Waals surface area contributed by atoms with Crippen molar-refractivity contribution in [1.29, 1.82) is 0 Å². The fraction of sp³-hybridized carbons (Fsp3) is 0.0755. The molecule has 0 saturated carbocycles. The van der Waals surface area contributed by atoms with Gasteiger partial charge in [0.2, 0.25) is 0 Å². The SMILES string of the molecule is CC(C)(C)c1nc(-c2ccccc2)nc(-c2cccc(-c3nc(-c4ccccc4)nc(-c4cc(-c5nc(-c6ccccc6)nc(-c6ccccc6)n5)cc5ccccc45)n3)c2)n1. The van der Waals surface area contributed by atoms with Gasteiger partial charge in [0.25, 0.3) is 0 Å². The second kappa shape index (κ2) is 16.1. The van der Waals surface area contributed by atoms with Gasteiger partial charge in [-0.3, -0.25) is 0 Å². The summed E-state index contributed by atoms with van der Waals surface area (Å²) in [5.74, 6) is 5.18. The second-order valence-electron chi connectivity index (χ2n) is 16.0. The number of hydrogen-bond donors (Lipinski definition) is 0. The van der Waals surface area contributed by atoms with E-state index in [1.807, 2.05) is 158 Å². The molecule has 0 aliphatic carbocycles. The van der Waals surface area contributed by atoms with Crippen LogP contribution >= 0.6 is 0 Å². The maximum absolute atomic E-state index is 5.24. The molecular weight excluding hydrogens is 763 g/mol. The summed E-state index contributed by atoms with van der Waals surface area (Å²) in [4.78, 5) is 45.5. The Balaban J connectivity index is 1.15. The van der Waals surface area contributed by atoms with Crippen molar-refractivity contribution in [2.24, 2.45) is 0 Å². The summed E-state index contributed by atoms with van der Waals surface area (Å²) in [5, 5.41) is 1.97. The molecule has 0 fully saturated rings. The van der Waals surface area contributed by atoms with Crippen molar-refractivity contribution in [2.75, 3.05) is 0 Å². The molecule has 0 amide bonds. The van der Waals surface area contributed by atoms with Crippen molar-refractivity contribution in [1.82, 2.24) is 44.9 Å². The molecule has 7 aromatic carbocycles. The molecule has 0 aliphatic rings. The Morgan fingerprint density at radius 1 is 0.274 bits per heavy atom. The molecule has 0 radical (unpaired) electrons. The van der Waals surface area contributed by atoms with E-state index < -0.39 is 0 Å². The monoisotopic (exact) mass is 801 g/mol. The van der Waals surface area contributed by atoms with Crippen molar-refractivity contribution in [2.45, 2.75) is 26.2 Å². The fourth-order valence-electron chi connectivity index (χ4n) is 7.26. The largest absolute Gasteiger partial charge is 0.212 e. The average Bonchev–Trinajstić information content (AvgIpc) is 3.34. The molecule has 3 aromatic heterocycles. The van der Waals surface area contributed by atoms with E-state index in [1.54, 1.807) is 0 Å². The highest BCUT2D eigenvalue weighted by Gasteiger charge is 2.22. The van der Waals surface area contributed by atoms with Crippen LogP contribution in [0, 0.1) is 0 Å². The van der Waals surface area contributed by atoms with Gasteiger partial charge in [0.05, 0.1) is 0 Å². The minimum atomic E-state index is -0.308. The van der Waals surface area contributed by atoms with E-state index >= 15 is 0 Å². The van der Waals surface area contributed by atoms with Crippen molar-refractivity contribution in [3.05, 3.63) is 188 Å². The maximum Gasteiger partial charge on any atom is 0.164 e. The minimum absolute atomic E-state index is 0.308. The lowest BCUT2D eigenvalue weighted by molar-refractivity contribution is 0.543. The van der Waals surface area contributed by atoms with Crippen LogP contribution in [0.4, 0.5) is 0 Å². The summed E-state index contributed by atoms with van der Waals surface area (Å²) in [6.07, 6.45) is 0. The van der Waals surface area contributed by atoms with Crippen LogP contribution < -0.4 is 0 Å². The Bertz CT molecular complexity index is 3150. The minimum Gasteiger partial charge on any atom is -0.212 e. The first-order chi connectivity index (χ1) is 30.3. The third kappa shape index (κ3) is 7.82. The van der Waals surface area contributed by atoms with Crippen LogP contribution in [0.1, 0.15) is 26.6 Å². The highest BCUT2D eigenvalue weighted by atomic mass is 15.1. The molecule has 62 heavy (non-hydrogen) atoms. The number of benzene rings is 7. The van der Waals surface area contributed by atoms with Crippen molar-refractivity contribution >= 4 is 10.8 Å². The van der Waals surface area contributed by atoms with Crippen LogP contribution in [0.5, 0.6) is 0 Å². The molecule has 0 bridgehead atoms. The van der Waals surface area contributed by atoms with Gasteiger partial charge in [-0.25, -0.2) is 44.9 Å². The van der Waals surface area contributed by atoms with Crippen LogP contribution in [0.25, 0.3) is 102 Å². The van der Waals surface area contributed by atoms with Crippen molar-refractivity contribution < 1.29 is 0 Å². The van der Waals surface area contributed by atoms with Gasteiger partial charge in [-0.05, 0) is 29.0 Å². The van der Waals surface area contributed by atoms with E-state index in [1.165, 1.54) is 0 Å². The van der Waals surface area contributed by atoms with Gasteiger partial charge in [-0.15, -0.1) is 0 Å².